The number of para-hydroxylation sites is 1. The maximum atomic E-state index is 13.2. The molecule has 8 heteroatoms. The molecule has 3 aromatic rings. The molecule has 0 aliphatic heterocycles. The Morgan fingerprint density at radius 2 is 2.09 bits per heavy atom. The first-order valence-electron chi connectivity index (χ1n) is 11.6. The van der Waals surface area contributed by atoms with Crippen molar-refractivity contribution in [2.45, 2.75) is 56.7 Å². The average molecular weight is 476 g/mol. The Bertz CT molecular complexity index is 1320. The summed E-state index contributed by atoms with van der Waals surface area (Å²) in [7, 11) is 1.79. The molecule has 1 aliphatic carbocycles. The van der Waals surface area contributed by atoms with Gasteiger partial charge >= 0.3 is 0 Å². The van der Waals surface area contributed by atoms with Crippen molar-refractivity contribution in [1.82, 2.24) is 14.3 Å². The van der Waals surface area contributed by atoms with Crippen LogP contribution in [0.5, 0.6) is 0 Å². The summed E-state index contributed by atoms with van der Waals surface area (Å²) in [4.78, 5) is 31.2. The lowest BCUT2D eigenvalue weighted by Gasteiger charge is -2.22. The van der Waals surface area contributed by atoms with Crippen LogP contribution < -0.4 is 10.9 Å². The highest BCUT2D eigenvalue weighted by Crippen LogP contribution is 2.32. The number of rotatable bonds is 6. The third kappa shape index (κ3) is 4.53. The number of carbonyl (C=O) groups is 1. The van der Waals surface area contributed by atoms with E-state index in [9.17, 15) is 14.9 Å². The molecule has 0 saturated heterocycles. The van der Waals surface area contributed by atoms with Gasteiger partial charge in [-0.15, -0.1) is 0 Å². The molecule has 2 aromatic heterocycles. The van der Waals surface area contributed by atoms with Crippen LogP contribution in [0.3, 0.4) is 0 Å². The van der Waals surface area contributed by atoms with Crippen LogP contribution in [0, 0.1) is 24.2 Å². The Balaban J connectivity index is 1.60. The van der Waals surface area contributed by atoms with Crippen LogP contribution >= 0.6 is 11.8 Å². The van der Waals surface area contributed by atoms with E-state index >= 15 is 0 Å². The Kier molecular flexibility index (Phi) is 6.94. The number of thioether (sulfide) groups is 1. The molecule has 34 heavy (non-hydrogen) atoms. The number of nitriles is 1. The minimum Gasteiger partial charge on any atom is -0.319 e. The van der Waals surface area contributed by atoms with E-state index in [0.29, 0.717) is 28.6 Å². The largest absolute Gasteiger partial charge is 0.319 e. The van der Waals surface area contributed by atoms with Crippen molar-refractivity contribution in [3.63, 3.8) is 0 Å². The highest BCUT2D eigenvalue weighted by atomic mass is 32.2. The minimum absolute atomic E-state index is 0.267. The van der Waals surface area contributed by atoms with Crippen LogP contribution in [0.2, 0.25) is 0 Å². The van der Waals surface area contributed by atoms with Crippen molar-refractivity contribution < 1.29 is 4.79 Å². The van der Waals surface area contributed by atoms with E-state index in [2.05, 4.69) is 18.3 Å². The van der Waals surface area contributed by atoms with Gasteiger partial charge in [-0.05, 0) is 62.3 Å². The minimum atomic E-state index is -0.482. The van der Waals surface area contributed by atoms with E-state index in [1.165, 1.54) is 11.8 Å². The molecule has 2 heterocycles. The Morgan fingerprint density at radius 1 is 1.35 bits per heavy atom. The standard InChI is InChI=1S/C26H29N5O2S/c1-5-22(34-25-19(15-27)14-18-13-16(2)11-12-21(18)28-25)24(32)29-23-17(3)30(4)31(26(23)33)20-9-7-6-8-10-20/h6-10,14,16,22H,5,11-13H2,1-4H3,(H,29,32). The Hall–Kier alpha value is -3.31. The molecule has 0 bridgehead atoms. The summed E-state index contributed by atoms with van der Waals surface area (Å²) in [5.41, 5.74) is 4.05. The van der Waals surface area contributed by atoms with E-state index in [-0.39, 0.29) is 17.2 Å². The van der Waals surface area contributed by atoms with E-state index in [4.69, 9.17) is 4.98 Å². The lowest BCUT2D eigenvalue weighted by atomic mass is 9.87. The van der Waals surface area contributed by atoms with Crippen LogP contribution in [0.15, 0.2) is 46.2 Å². The van der Waals surface area contributed by atoms with E-state index in [0.717, 1.165) is 36.2 Å². The fourth-order valence-corrected chi connectivity index (χ4v) is 5.37. The third-order valence-electron chi connectivity index (χ3n) is 6.44. The van der Waals surface area contributed by atoms with Gasteiger partial charge in [-0.1, -0.05) is 43.8 Å². The summed E-state index contributed by atoms with van der Waals surface area (Å²) in [6.07, 6.45) is 3.44. The topological polar surface area (TPSA) is 92.7 Å². The molecule has 1 aromatic carbocycles. The number of anilines is 1. The zero-order valence-corrected chi connectivity index (χ0v) is 20.8. The summed E-state index contributed by atoms with van der Waals surface area (Å²) in [6.45, 7) is 5.94. The number of pyridine rings is 1. The Labute approximate surface area is 203 Å². The van der Waals surface area contributed by atoms with E-state index in [1.807, 2.05) is 50.2 Å². The zero-order chi connectivity index (χ0) is 24.4. The summed E-state index contributed by atoms with van der Waals surface area (Å²) >= 11 is 1.30. The van der Waals surface area contributed by atoms with Gasteiger partial charge in [0.25, 0.3) is 5.56 Å². The average Bonchev–Trinajstić information content (AvgIpc) is 3.05. The molecule has 7 nitrogen and oxygen atoms in total. The SMILES string of the molecule is CCC(Sc1nc2c(cc1C#N)CC(C)CC2)C(=O)Nc1c(C)n(C)n(-c2ccccc2)c1=O. The fourth-order valence-electron chi connectivity index (χ4n) is 4.37. The number of nitrogens with zero attached hydrogens (tertiary/aromatic N) is 4. The van der Waals surface area contributed by atoms with Crippen LogP contribution in [-0.2, 0) is 24.7 Å². The van der Waals surface area contributed by atoms with Crippen LogP contribution in [0.25, 0.3) is 5.69 Å². The summed E-state index contributed by atoms with van der Waals surface area (Å²) < 4.78 is 3.28. The molecule has 2 unspecified atom stereocenters. The van der Waals surface area contributed by atoms with Crippen molar-refractivity contribution >= 4 is 23.4 Å². The molecule has 0 radical (unpaired) electrons. The second-order valence-electron chi connectivity index (χ2n) is 8.85. The quantitative estimate of drug-likeness (QED) is 0.534. The second-order valence-corrected chi connectivity index (χ2v) is 10.0. The zero-order valence-electron chi connectivity index (χ0n) is 20.0. The molecule has 1 amide bonds. The number of hydrogen-bond acceptors (Lipinski definition) is 5. The molecule has 2 atom stereocenters. The molecule has 1 N–H and O–H groups in total. The van der Waals surface area contributed by atoms with Crippen molar-refractivity contribution in [2.24, 2.45) is 13.0 Å². The number of amides is 1. The van der Waals surface area contributed by atoms with Crippen molar-refractivity contribution in [1.29, 1.82) is 5.26 Å². The van der Waals surface area contributed by atoms with E-state index in [1.54, 1.807) is 16.4 Å². The number of fused-ring (bicyclic) bond motifs is 1. The lowest BCUT2D eigenvalue weighted by molar-refractivity contribution is -0.115. The van der Waals surface area contributed by atoms with Crippen molar-refractivity contribution in [3.8, 4) is 11.8 Å². The first kappa shape index (κ1) is 23.8. The van der Waals surface area contributed by atoms with Crippen molar-refractivity contribution in [2.75, 3.05) is 5.32 Å². The molecule has 0 fully saturated rings. The van der Waals surface area contributed by atoms with Gasteiger partial charge in [-0.2, -0.15) is 5.26 Å². The number of hydrogen-bond donors (Lipinski definition) is 1. The number of nitrogens with one attached hydrogen (secondary N) is 1. The molecule has 1 aliphatic rings. The smallest absolute Gasteiger partial charge is 0.295 e. The van der Waals surface area contributed by atoms with Gasteiger partial charge in [-0.3, -0.25) is 14.3 Å². The molecular formula is C26H29N5O2S. The number of benzene rings is 1. The highest BCUT2D eigenvalue weighted by Gasteiger charge is 2.26. The highest BCUT2D eigenvalue weighted by molar-refractivity contribution is 8.00. The van der Waals surface area contributed by atoms with Gasteiger partial charge in [0.1, 0.15) is 16.8 Å². The van der Waals surface area contributed by atoms with Gasteiger partial charge in [0.15, 0.2) is 0 Å². The molecular weight excluding hydrogens is 446 g/mol. The second kappa shape index (κ2) is 9.90. The summed E-state index contributed by atoms with van der Waals surface area (Å²) in [5, 5.41) is 12.7. The first-order valence-corrected chi connectivity index (χ1v) is 12.5. The van der Waals surface area contributed by atoms with Gasteiger partial charge in [0.05, 0.1) is 22.2 Å². The lowest BCUT2D eigenvalue weighted by Crippen LogP contribution is -2.28. The fraction of sp³-hybridized carbons (Fsp3) is 0.385. The number of aromatic nitrogens is 3. The van der Waals surface area contributed by atoms with Gasteiger partial charge in [0.2, 0.25) is 5.91 Å². The number of aryl methyl sites for hydroxylation is 1. The van der Waals surface area contributed by atoms with Gasteiger partial charge in [-0.25, -0.2) is 9.67 Å². The normalized spacial score (nSPS) is 15.9. The van der Waals surface area contributed by atoms with Gasteiger partial charge in [0, 0.05) is 12.7 Å². The first-order chi connectivity index (χ1) is 16.3. The maximum Gasteiger partial charge on any atom is 0.295 e. The van der Waals surface area contributed by atoms with Crippen LogP contribution in [0.1, 0.15) is 49.2 Å². The molecule has 0 saturated carbocycles. The molecule has 4 rings (SSSR count). The monoisotopic (exact) mass is 475 g/mol. The summed E-state index contributed by atoms with van der Waals surface area (Å²) in [5.74, 6) is 0.318. The molecule has 0 spiro atoms. The Morgan fingerprint density at radius 3 is 2.76 bits per heavy atom. The summed E-state index contributed by atoms with van der Waals surface area (Å²) in [6, 6.07) is 13.5. The van der Waals surface area contributed by atoms with Crippen LogP contribution in [-0.4, -0.2) is 25.5 Å². The maximum absolute atomic E-state index is 13.2. The van der Waals surface area contributed by atoms with E-state index < -0.39 is 5.25 Å². The predicted octanol–water partition coefficient (Wildman–Crippen LogP) is 4.39. The third-order valence-corrected chi connectivity index (χ3v) is 7.80. The van der Waals surface area contributed by atoms with Crippen molar-refractivity contribution in [3.05, 3.63) is 69.3 Å². The predicted molar refractivity (Wildman–Crippen MR) is 134 cm³/mol. The van der Waals surface area contributed by atoms with Gasteiger partial charge < -0.3 is 5.32 Å². The van der Waals surface area contributed by atoms with Crippen LogP contribution in [0.4, 0.5) is 5.69 Å². The number of carbonyl (C=O) groups excluding carboxylic acids is 1. The molecule has 176 valence electrons.